The number of esters is 1. The largest absolute Gasteiger partial charge is 0.491 e. The number of allylic oxidation sites excluding steroid dienone is 1. The number of nitro groups is 1. The van der Waals surface area contributed by atoms with E-state index < -0.39 is 16.9 Å². The number of carbonyl (C=O) groups is 1. The molecule has 0 amide bonds. The smallest absolute Gasteiger partial charge is 0.338 e. The van der Waals surface area contributed by atoms with Gasteiger partial charge in [0.1, 0.15) is 17.3 Å². The second-order valence-electron chi connectivity index (χ2n) is 9.66. The van der Waals surface area contributed by atoms with Crippen molar-refractivity contribution in [1.29, 1.82) is 0 Å². The molecule has 0 N–H and O–H groups in total. The zero-order chi connectivity index (χ0) is 30.1. The maximum absolute atomic E-state index is 13.8. The minimum Gasteiger partial charge on any atom is -0.491 e. The van der Waals surface area contributed by atoms with Gasteiger partial charge in [-0.2, -0.15) is 0 Å². The lowest BCUT2D eigenvalue weighted by atomic mass is 9.96. The number of halogens is 1. The van der Waals surface area contributed by atoms with E-state index >= 15 is 0 Å². The normalized spacial score (nSPS) is 15.0. The van der Waals surface area contributed by atoms with Crippen LogP contribution < -0.4 is 19.6 Å². The highest BCUT2D eigenvalue weighted by Gasteiger charge is 2.33. The van der Waals surface area contributed by atoms with Crippen LogP contribution >= 0.6 is 22.9 Å². The molecule has 0 aliphatic carbocycles. The minimum atomic E-state index is -0.778. The van der Waals surface area contributed by atoms with Gasteiger partial charge in [0.25, 0.3) is 11.2 Å². The van der Waals surface area contributed by atoms with E-state index in [0.717, 1.165) is 11.3 Å². The van der Waals surface area contributed by atoms with Gasteiger partial charge in [-0.05, 0) is 69.7 Å². The summed E-state index contributed by atoms with van der Waals surface area (Å²) < 4.78 is 18.8. The molecule has 0 radical (unpaired) electrons. The number of carbonyl (C=O) groups excluding carboxylic acids is 1. The highest BCUT2D eigenvalue weighted by Crippen LogP contribution is 2.34. The number of thiazole rings is 1. The Morgan fingerprint density at radius 1 is 1.21 bits per heavy atom. The predicted octanol–water partition coefficient (Wildman–Crippen LogP) is 5.41. The number of benzene rings is 2. The van der Waals surface area contributed by atoms with E-state index in [0.29, 0.717) is 32.1 Å². The van der Waals surface area contributed by atoms with Crippen molar-refractivity contribution < 1.29 is 23.6 Å². The van der Waals surface area contributed by atoms with Crippen molar-refractivity contribution in [3.63, 3.8) is 0 Å². The maximum atomic E-state index is 13.8. The second kappa shape index (κ2) is 11.8. The van der Waals surface area contributed by atoms with Gasteiger partial charge in [-0.25, -0.2) is 9.79 Å². The van der Waals surface area contributed by atoms with E-state index in [1.54, 1.807) is 44.2 Å². The van der Waals surface area contributed by atoms with Crippen molar-refractivity contribution in [2.75, 3.05) is 6.61 Å². The summed E-state index contributed by atoms with van der Waals surface area (Å²) >= 11 is 7.09. The molecule has 0 saturated heterocycles. The number of hydrogen-bond donors (Lipinski definition) is 0. The van der Waals surface area contributed by atoms with Crippen molar-refractivity contribution in [3.05, 3.63) is 112 Å². The molecule has 1 aliphatic heterocycles. The lowest BCUT2D eigenvalue weighted by Crippen LogP contribution is -2.39. The molecule has 0 bridgehead atoms. The molecule has 0 saturated carbocycles. The van der Waals surface area contributed by atoms with Crippen molar-refractivity contribution in [3.8, 4) is 17.1 Å². The molecule has 3 heterocycles. The van der Waals surface area contributed by atoms with Crippen molar-refractivity contribution in [2.45, 2.75) is 39.8 Å². The summed E-state index contributed by atoms with van der Waals surface area (Å²) in [4.78, 5) is 42.9. The summed E-state index contributed by atoms with van der Waals surface area (Å²) in [5.41, 5.74) is 1.08. The molecule has 216 valence electrons. The molecule has 42 heavy (non-hydrogen) atoms. The van der Waals surface area contributed by atoms with Gasteiger partial charge < -0.3 is 13.9 Å². The number of fused-ring (bicyclic) bond motifs is 1. The van der Waals surface area contributed by atoms with Crippen LogP contribution in [-0.2, 0) is 9.53 Å². The Kier molecular flexibility index (Phi) is 8.15. The third kappa shape index (κ3) is 5.65. The van der Waals surface area contributed by atoms with Gasteiger partial charge in [0, 0.05) is 17.2 Å². The molecule has 0 unspecified atom stereocenters. The summed E-state index contributed by atoms with van der Waals surface area (Å²) in [6.07, 6.45) is 1.54. The average Bonchev–Trinajstić information content (AvgIpc) is 3.52. The molecule has 2 aromatic carbocycles. The van der Waals surface area contributed by atoms with E-state index in [-0.39, 0.29) is 45.9 Å². The number of rotatable bonds is 8. The zero-order valence-corrected chi connectivity index (χ0v) is 24.7. The Morgan fingerprint density at radius 3 is 2.62 bits per heavy atom. The van der Waals surface area contributed by atoms with Gasteiger partial charge in [-0.3, -0.25) is 19.5 Å². The molecule has 12 heteroatoms. The Hall–Kier alpha value is -4.48. The van der Waals surface area contributed by atoms with Gasteiger partial charge in [0.15, 0.2) is 4.80 Å². The van der Waals surface area contributed by atoms with Crippen molar-refractivity contribution in [1.82, 2.24) is 4.57 Å². The lowest BCUT2D eigenvalue weighted by molar-refractivity contribution is -0.384. The molecule has 2 aromatic heterocycles. The lowest BCUT2D eigenvalue weighted by Gasteiger charge is -2.25. The van der Waals surface area contributed by atoms with Crippen LogP contribution in [0.25, 0.3) is 17.4 Å². The van der Waals surface area contributed by atoms with Crippen LogP contribution in [0.2, 0.25) is 5.02 Å². The first-order valence-electron chi connectivity index (χ1n) is 13.1. The van der Waals surface area contributed by atoms with Gasteiger partial charge in [0.05, 0.1) is 45.0 Å². The van der Waals surface area contributed by atoms with Crippen LogP contribution in [-0.4, -0.2) is 28.2 Å². The Bertz CT molecular complexity index is 1900. The molecule has 1 atom stereocenters. The summed E-state index contributed by atoms with van der Waals surface area (Å²) in [7, 11) is 0. The third-order valence-electron chi connectivity index (χ3n) is 6.41. The molecule has 0 spiro atoms. The minimum absolute atomic E-state index is 0.0151. The van der Waals surface area contributed by atoms with Crippen LogP contribution in [0.5, 0.6) is 5.75 Å². The topological polar surface area (TPSA) is 126 Å². The number of ether oxygens (including phenoxy) is 2. The van der Waals surface area contributed by atoms with Crippen molar-refractivity contribution >= 4 is 40.7 Å². The Balaban J connectivity index is 1.61. The summed E-state index contributed by atoms with van der Waals surface area (Å²) in [6.45, 7) is 7.45. The first-order chi connectivity index (χ1) is 20.1. The quantitative estimate of drug-likeness (QED) is 0.149. The molecule has 1 aliphatic rings. The highest BCUT2D eigenvalue weighted by atomic mass is 35.5. The fourth-order valence-corrected chi connectivity index (χ4v) is 5.87. The average molecular weight is 608 g/mol. The van der Waals surface area contributed by atoms with E-state index in [9.17, 15) is 19.7 Å². The van der Waals surface area contributed by atoms with Gasteiger partial charge in [0.2, 0.25) is 0 Å². The SMILES string of the molecule is CCOC(=O)C1=C(C)N=c2s/c(=C\c3ccc(-c4ccc(Cl)cc4[N+](=O)[O-])o3)c(=O)n2[C@H]1c1ccc(OC(C)C)cc1. The standard InChI is InChI=1S/C30H26ClN3O7S/c1-5-39-29(36)26-17(4)32-30-33(27(26)18-6-9-20(10-7-18)40-16(2)3)28(35)25(42-30)15-21-11-13-24(41-21)22-12-8-19(31)14-23(22)34(37)38/h6-16,27H,5H2,1-4H3/b25-15-/t27-/m0/s1. The first-order valence-corrected chi connectivity index (χ1v) is 14.3. The Morgan fingerprint density at radius 2 is 1.95 bits per heavy atom. The van der Waals surface area contributed by atoms with Gasteiger partial charge >= 0.3 is 5.97 Å². The molecule has 5 rings (SSSR count). The maximum Gasteiger partial charge on any atom is 0.338 e. The van der Waals surface area contributed by atoms with E-state index in [4.69, 9.17) is 25.5 Å². The number of hydrogen-bond acceptors (Lipinski definition) is 9. The van der Waals surface area contributed by atoms with Crippen LogP contribution in [0.4, 0.5) is 5.69 Å². The number of furan rings is 1. The van der Waals surface area contributed by atoms with Crippen LogP contribution in [0.15, 0.2) is 80.1 Å². The fraction of sp³-hybridized carbons (Fsp3) is 0.233. The number of aromatic nitrogens is 1. The van der Waals surface area contributed by atoms with Crippen LogP contribution in [0, 0.1) is 10.1 Å². The van der Waals surface area contributed by atoms with Crippen molar-refractivity contribution in [2.24, 2.45) is 4.99 Å². The second-order valence-corrected chi connectivity index (χ2v) is 11.1. The molecule has 0 fully saturated rings. The highest BCUT2D eigenvalue weighted by molar-refractivity contribution is 7.07. The number of nitrogens with zero attached hydrogens (tertiary/aromatic N) is 3. The molecule has 4 aromatic rings. The van der Waals surface area contributed by atoms with E-state index in [1.807, 2.05) is 26.0 Å². The van der Waals surface area contributed by atoms with Crippen LogP contribution in [0.3, 0.4) is 0 Å². The van der Waals surface area contributed by atoms with Gasteiger partial charge in [-0.1, -0.05) is 35.1 Å². The number of nitro benzene ring substituents is 1. The first kappa shape index (κ1) is 29.0. The third-order valence-corrected chi connectivity index (χ3v) is 7.62. The zero-order valence-electron chi connectivity index (χ0n) is 23.1. The fourth-order valence-electron chi connectivity index (χ4n) is 4.68. The van der Waals surface area contributed by atoms with E-state index in [1.165, 1.54) is 22.8 Å². The molecule has 10 nitrogen and oxygen atoms in total. The molecular weight excluding hydrogens is 582 g/mol. The summed E-state index contributed by atoms with van der Waals surface area (Å²) in [6, 6.07) is 13.9. The predicted molar refractivity (Wildman–Crippen MR) is 158 cm³/mol. The Labute approximate surface area is 248 Å². The summed E-state index contributed by atoms with van der Waals surface area (Å²) in [5.74, 6) is 0.668. The van der Waals surface area contributed by atoms with Crippen LogP contribution in [0.1, 0.15) is 45.1 Å². The molecular formula is C30H26ClN3O7S. The summed E-state index contributed by atoms with van der Waals surface area (Å²) in [5, 5.41) is 11.8. The van der Waals surface area contributed by atoms with E-state index in [2.05, 4.69) is 4.99 Å². The monoisotopic (exact) mass is 607 g/mol. The van der Waals surface area contributed by atoms with Gasteiger partial charge in [-0.15, -0.1) is 0 Å².